The molecule has 0 radical (unpaired) electrons. The van der Waals surface area contributed by atoms with Gasteiger partial charge in [-0.2, -0.15) is 0 Å². The van der Waals surface area contributed by atoms with Gasteiger partial charge in [-0.05, 0) is 0 Å². The van der Waals surface area contributed by atoms with Gasteiger partial charge in [0, 0.05) is 9.52 Å². The van der Waals surface area contributed by atoms with Crippen LogP contribution in [0.3, 0.4) is 0 Å². The Labute approximate surface area is 63.1 Å². The third-order valence-corrected chi connectivity index (χ3v) is 5.77. The van der Waals surface area contributed by atoms with Gasteiger partial charge in [0.05, 0.1) is 0 Å². The van der Waals surface area contributed by atoms with Gasteiger partial charge in [0.1, 0.15) is 9.52 Å². The maximum Gasteiger partial charge on any atom is 0.106 e. The van der Waals surface area contributed by atoms with Crippen LogP contribution in [0.5, 0.6) is 0 Å². The van der Waals surface area contributed by atoms with E-state index in [4.69, 9.17) is 6.42 Å². The van der Waals surface area contributed by atoms with Crippen molar-refractivity contribution in [3.63, 3.8) is 0 Å². The lowest BCUT2D eigenvalue weighted by Crippen LogP contribution is -1.90. The fourth-order valence-corrected chi connectivity index (χ4v) is 4.30. The van der Waals surface area contributed by atoms with Crippen molar-refractivity contribution in [1.29, 1.82) is 0 Å². The summed E-state index contributed by atoms with van der Waals surface area (Å²) in [4.78, 5) is 0. The standard InChI is InChI=1S/C7H16Si2/c1-3-5-9-7-6-8-4-2/h2H,3,5-9H2,1H3. The molecule has 52 valence electrons. The van der Waals surface area contributed by atoms with Gasteiger partial charge >= 0.3 is 0 Å². The van der Waals surface area contributed by atoms with Crippen LogP contribution in [-0.4, -0.2) is 19.0 Å². The van der Waals surface area contributed by atoms with E-state index in [9.17, 15) is 0 Å². The minimum absolute atomic E-state index is 0.0438. The van der Waals surface area contributed by atoms with E-state index >= 15 is 0 Å². The van der Waals surface area contributed by atoms with Crippen LogP contribution in [0.4, 0.5) is 0 Å². The maximum absolute atomic E-state index is 5.17. The summed E-state index contributed by atoms with van der Waals surface area (Å²) in [6.07, 6.45) is 6.56. The van der Waals surface area contributed by atoms with E-state index < -0.39 is 0 Å². The van der Waals surface area contributed by atoms with Gasteiger partial charge in [0.2, 0.25) is 0 Å². The van der Waals surface area contributed by atoms with E-state index in [0.29, 0.717) is 9.52 Å². The molecule has 0 aromatic rings. The van der Waals surface area contributed by atoms with E-state index in [1.807, 2.05) is 0 Å². The van der Waals surface area contributed by atoms with Crippen molar-refractivity contribution in [3.8, 4) is 12.0 Å². The molecule has 0 aliphatic heterocycles. The van der Waals surface area contributed by atoms with Crippen molar-refractivity contribution in [3.05, 3.63) is 0 Å². The molecule has 0 aliphatic carbocycles. The normalized spacial score (nSPS) is 11.6. The second-order valence-corrected chi connectivity index (χ2v) is 6.11. The zero-order valence-corrected chi connectivity index (χ0v) is 9.15. The molecular weight excluding hydrogens is 140 g/mol. The highest BCUT2D eigenvalue weighted by molar-refractivity contribution is 6.48. The van der Waals surface area contributed by atoms with E-state index in [0.717, 1.165) is 0 Å². The van der Waals surface area contributed by atoms with Gasteiger partial charge in [-0.15, -0.1) is 12.0 Å². The van der Waals surface area contributed by atoms with Gasteiger partial charge in [-0.25, -0.2) is 0 Å². The summed E-state index contributed by atoms with van der Waals surface area (Å²) >= 11 is 0. The summed E-state index contributed by atoms with van der Waals surface area (Å²) in [7, 11) is 0.286. The lowest BCUT2D eigenvalue weighted by Gasteiger charge is -1.92. The van der Waals surface area contributed by atoms with E-state index in [2.05, 4.69) is 12.5 Å². The van der Waals surface area contributed by atoms with Crippen LogP contribution >= 0.6 is 0 Å². The van der Waals surface area contributed by atoms with Gasteiger partial charge in [0.15, 0.2) is 0 Å². The van der Waals surface area contributed by atoms with Crippen molar-refractivity contribution in [2.24, 2.45) is 0 Å². The summed E-state index contributed by atoms with van der Waals surface area (Å²) in [6.45, 7) is 2.27. The molecule has 0 aliphatic rings. The SMILES string of the molecule is C#C[SiH2]CC[SiH2]CCC. The Morgan fingerprint density at radius 3 is 2.67 bits per heavy atom. The molecule has 0 fully saturated rings. The molecule has 0 bridgehead atoms. The summed E-state index contributed by atoms with van der Waals surface area (Å²) in [5, 5.41) is 0. The lowest BCUT2D eigenvalue weighted by atomic mass is 10.6. The average Bonchev–Trinajstić information content (AvgIpc) is 1.89. The average molecular weight is 156 g/mol. The van der Waals surface area contributed by atoms with Crippen molar-refractivity contribution in [2.75, 3.05) is 0 Å². The van der Waals surface area contributed by atoms with Crippen LogP contribution in [-0.2, 0) is 0 Å². The molecule has 0 N–H and O–H groups in total. The van der Waals surface area contributed by atoms with Gasteiger partial charge in [-0.1, -0.05) is 31.5 Å². The van der Waals surface area contributed by atoms with E-state index in [-0.39, 0.29) is 9.52 Å². The smallest absolute Gasteiger partial charge is 0.106 e. The largest absolute Gasteiger partial charge is 0.143 e. The molecule has 9 heavy (non-hydrogen) atoms. The molecule has 0 saturated heterocycles. The third-order valence-electron chi connectivity index (χ3n) is 1.42. The first kappa shape index (κ1) is 8.99. The summed E-state index contributed by atoms with van der Waals surface area (Å²) in [5.74, 6) is 0. The molecule has 0 atom stereocenters. The Hall–Kier alpha value is -0.00623. The molecule has 0 saturated carbocycles. The van der Waals surface area contributed by atoms with E-state index in [1.165, 1.54) is 24.6 Å². The highest BCUT2D eigenvalue weighted by Crippen LogP contribution is 1.93. The van der Waals surface area contributed by atoms with Crippen LogP contribution in [0.25, 0.3) is 0 Å². The zero-order valence-electron chi connectivity index (χ0n) is 6.32. The number of hydrogen-bond donors (Lipinski definition) is 0. The minimum atomic E-state index is -0.0438. The second kappa shape index (κ2) is 7.99. The number of rotatable bonds is 5. The number of terminal acetylenes is 1. The van der Waals surface area contributed by atoms with Crippen molar-refractivity contribution < 1.29 is 0 Å². The van der Waals surface area contributed by atoms with Crippen LogP contribution in [0.2, 0.25) is 18.1 Å². The lowest BCUT2D eigenvalue weighted by molar-refractivity contribution is 1.07. The Morgan fingerprint density at radius 1 is 1.33 bits per heavy atom. The van der Waals surface area contributed by atoms with Gasteiger partial charge in [-0.3, -0.25) is 0 Å². The van der Waals surface area contributed by atoms with Gasteiger partial charge < -0.3 is 0 Å². The predicted molar refractivity (Wildman–Crippen MR) is 50.6 cm³/mol. The molecule has 0 amide bonds. The van der Waals surface area contributed by atoms with Crippen LogP contribution < -0.4 is 0 Å². The Morgan fingerprint density at radius 2 is 2.11 bits per heavy atom. The Bertz CT molecular complexity index is 83.4. The highest BCUT2D eigenvalue weighted by atomic mass is 28.2. The minimum Gasteiger partial charge on any atom is -0.143 e. The molecule has 0 nitrogen and oxygen atoms in total. The third kappa shape index (κ3) is 7.99. The molecule has 2 heteroatoms. The Balaban J connectivity index is 2.69. The maximum atomic E-state index is 5.17. The highest BCUT2D eigenvalue weighted by Gasteiger charge is 1.86. The molecule has 0 rings (SSSR count). The van der Waals surface area contributed by atoms with Crippen molar-refractivity contribution >= 4 is 19.0 Å². The van der Waals surface area contributed by atoms with Gasteiger partial charge in [0.25, 0.3) is 0 Å². The van der Waals surface area contributed by atoms with Crippen LogP contribution in [0, 0.1) is 12.0 Å². The van der Waals surface area contributed by atoms with Crippen molar-refractivity contribution in [2.45, 2.75) is 31.5 Å². The molecule has 0 unspecified atom stereocenters. The van der Waals surface area contributed by atoms with E-state index in [1.54, 1.807) is 0 Å². The van der Waals surface area contributed by atoms with Crippen LogP contribution in [0.1, 0.15) is 13.3 Å². The molecule has 0 aromatic heterocycles. The fraction of sp³-hybridized carbons (Fsp3) is 0.714. The summed E-state index contributed by atoms with van der Waals surface area (Å²) in [5.41, 5.74) is 2.81. The molecule has 0 aromatic carbocycles. The second-order valence-electron chi connectivity index (χ2n) is 2.37. The quantitative estimate of drug-likeness (QED) is 0.310. The summed E-state index contributed by atoms with van der Waals surface area (Å²) in [6, 6.07) is 4.46. The monoisotopic (exact) mass is 156 g/mol. The predicted octanol–water partition coefficient (Wildman–Crippen LogP) is 0.580. The molecular formula is C7H16Si2. The van der Waals surface area contributed by atoms with Crippen molar-refractivity contribution in [1.82, 2.24) is 0 Å². The first-order valence-electron chi connectivity index (χ1n) is 3.85. The first-order valence-corrected chi connectivity index (χ1v) is 7.56. The first-order chi connectivity index (χ1) is 4.41. The fourth-order valence-electron chi connectivity index (χ4n) is 0.831. The molecule has 0 spiro atoms. The number of hydrogen-bond acceptors (Lipinski definition) is 0. The topological polar surface area (TPSA) is 0 Å². The molecule has 0 heterocycles. The summed E-state index contributed by atoms with van der Waals surface area (Å²) < 4.78 is 0. The Kier molecular flexibility index (Phi) is 7.99. The zero-order chi connectivity index (χ0) is 6.95. The van der Waals surface area contributed by atoms with Crippen LogP contribution in [0.15, 0.2) is 0 Å².